The Labute approximate surface area is 141 Å². The van der Waals surface area contributed by atoms with Crippen molar-refractivity contribution in [2.24, 2.45) is 0 Å². The number of aromatic nitrogens is 1. The van der Waals surface area contributed by atoms with Crippen LogP contribution >= 0.6 is 12.6 Å². The molecule has 0 aliphatic heterocycles. The highest BCUT2D eigenvalue weighted by atomic mass is 32.1. The second kappa shape index (κ2) is 9.60. The normalized spacial score (nSPS) is 11.3. The molecule has 23 heavy (non-hydrogen) atoms. The molecule has 2 rings (SSSR count). The molecule has 0 radical (unpaired) electrons. The van der Waals surface area contributed by atoms with E-state index in [-0.39, 0.29) is 12.2 Å². The van der Waals surface area contributed by atoms with Gasteiger partial charge in [0.2, 0.25) is 5.56 Å². The molecule has 126 valence electrons. The summed E-state index contributed by atoms with van der Waals surface area (Å²) in [5.74, 6) is 1.56. The van der Waals surface area contributed by atoms with Gasteiger partial charge in [0.15, 0.2) is 0 Å². The smallest absolute Gasteiger partial charge is 0.248 e. The summed E-state index contributed by atoms with van der Waals surface area (Å²) in [6.07, 6.45) is 1.95. The molecule has 0 fully saturated rings. The highest BCUT2D eigenvalue weighted by molar-refractivity contribution is 7.80. The fourth-order valence-electron chi connectivity index (χ4n) is 2.46. The summed E-state index contributed by atoms with van der Waals surface area (Å²) in [4.78, 5) is 16.3. The van der Waals surface area contributed by atoms with Crippen LogP contribution in [0.4, 0.5) is 0 Å². The Balaban J connectivity index is 1.76. The number of nitrogens with one attached hydrogen (secondary N) is 1. The second-order valence-corrected chi connectivity index (χ2v) is 5.86. The lowest BCUT2D eigenvalue weighted by Crippen LogP contribution is -2.30. The third kappa shape index (κ3) is 5.89. The molecule has 0 unspecified atom stereocenters. The number of fused-ring (bicyclic) bond motifs is 1. The minimum atomic E-state index is -0.109. The van der Waals surface area contributed by atoms with Gasteiger partial charge < -0.3 is 19.7 Å². The maximum absolute atomic E-state index is 11.3. The first-order valence-electron chi connectivity index (χ1n) is 7.93. The SMILES string of the molecule is O=c1ccc2ccc(OCCCCN(CCO)CCS)cc2[nH]1. The van der Waals surface area contributed by atoms with Crippen molar-refractivity contribution in [3.63, 3.8) is 0 Å². The maximum Gasteiger partial charge on any atom is 0.248 e. The van der Waals surface area contributed by atoms with Gasteiger partial charge in [-0.05, 0) is 43.0 Å². The van der Waals surface area contributed by atoms with E-state index in [2.05, 4.69) is 22.5 Å². The lowest BCUT2D eigenvalue weighted by molar-refractivity contribution is 0.197. The highest BCUT2D eigenvalue weighted by Crippen LogP contribution is 2.18. The van der Waals surface area contributed by atoms with Gasteiger partial charge in [0.05, 0.1) is 18.7 Å². The summed E-state index contributed by atoms with van der Waals surface area (Å²) in [7, 11) is 0. The highest BCUT2D eigenvalue weighted by Gasteiger charge is 2.03. The second-order valence-electron chi connectivity index (χ2n) is 5.42. The molecule has 0 aliphatic carbocycles. The molecular weight excluding hydrogens is 312 g/mol. The van der Waals surface area contributed by atoms with Gasteiger partial charge in [0.25, 0.3) is 0 Å². The molecule has 0 amide bonds. The summed E-state index contributed by atoms with van der Waals surface area (Å²) in [5.41, 5.74) is 0.681. The zero-order chi connectivity index (χ0) is 16.5. The van der Waals surface area contributed by atoms with E-state index < -0.39 is 0 Å². The number of rotatable bonds is 10. The number of unbranched alkanes of at least 4 members (excludes halogenated alkanes) is 1. The van der Waals surface area contributed by atoms with Crippen LogP contribution < -0.4 is 10.3 Å². The van der Waals surface area contributed by atoms with Crippen molar-refractivity contribution in [2.45, 2.75) is 12.8 Å². The number of aliphatic hydroxyl groups excluding tert-OH is 1. The number of nitrogens with zero attached hydrogens (tertiary/aromatic N) is 1. The zero-order valence-corrected chi connectivity index (χ0v) is 14.1. The Morgan fingerprint density at radius 1 is 1.13 bits per heavy atom. The van der Waals surface area contributed by atoms with Gasteiger partial charge in [0, 0.05) is 31.0 Å². The number of hydrogen-bond donors (Lipinski definition) is 3. The third-order valence-corrected chi connectivity index (χ3v) is 3.87. The van der Waals surface area contributed by atoms with E-state index in [1.165, 1.54) is 6.07 Å². The van der Waals surface area contributed by atoms with Crippen LogP contribution in [0.1, 0.15) is 12.8 Å². The summed E-state index contributed by atoms with van der Waals surface area (Å²) in [6.45, 7) is 3.34. The van der Waals surface area contributed by atoms with Crippen LogP contribution in [0.2, 0.25) is 0 Å². The van der Waals surface area contributed by atoms with Gasteiger partial charge in [-0.2, -0.15) is 12.6 Å². The predicted molar refractivity (Wildman–Crippen MR) is 96.7 cm³/mol. The van der Waals surface area contributed by atoms with Crippen molar-refractivity contribution >= 4 is 23.5 Å². The predicted octanol–water partition coefficient (Wildman–Crippen LogP) is 1.91. The summed E-state index contributed by atoms with van der Waals surface area (Å²) in [5, 5.41) is 9.99. The van der Waals surface area contributed by atoms with Crippen LogP contribution in [0.15, 0.2) is 35.1 Å². The third-order valence-electron chi connectivity index (χ3n) is 3.67. The van der Waals surface area contributed by atoms with Gasteiger partial charge >= 0.3 is 0 Å². The van der Waals surface area contributed by atoms with Crippen LogP contribution in [-0.4, -0.2) is 53.6 Å². The average Bonchev–Trinajstić information content (AvgIpc) is 2.54. The maximum atomic E-state index is 11.3. The van der Waals surface area contributed by atoms with Gasteiger partial charge in [-0.1, -0.05) is 0 Å². The number of pyridine rings is 1. The van der Waals surface area contributed by atoms with Crippen molar-refractivity contribution in [1.29, 1.82) is 0 Å². The molecule has 0 spiro atoms. The van der Waals surface area contributed by atoms with Gasteiger partial charge in [-0.15, -0.1) is 0 Å². The zero-order valence-electron chi connectivity index (χ0n) is 13.2. The number of hydrogen-bond acceptors (Lipinski definition) is 5. The molecule has 0 saturated carbocycles. The molecular formula is C17H24N2O3S. The molecule has 6 heteroatoms. The van der Waals surface area contributed by atoms with E-state index in [4.69, 9.17) is 9.84 Å². The van der Waals surface area contributed by atoms with Crippen molar-refractivity contribution < 1.29 is 9.84 Å². The monoisotopic (exact) mass is 336 g/mol. The molecule has 2 N–H and O–H groups in total. The quantitative estimate of drug-likeness (QED) is 0.458. The van der Waals surface area contributed by atoms with Crippen molar-refractivity contribution in [3.05, 3.63) is 40.7 Å². The van der Waals surface area contributed by atoms with Gasteiger partial charge in [0.1, 0.15) is 5.75 Å². The van der Waals surface area contributed by atoms with Crippen LogP contribution in [0.5, 0.6) is 5.75 Å². The summed E-state index contributed by atoms with van der Waals surface area (Å²) < 4.78 is 5.75. The van der Waals surface area contributed by atoms with Crippen LogP contribution in [0, 0.1) is 0 Å². The lowest BCUT2D eigenvalue weighted by atomic mass is 10.2. The van der Waals surface area contributed by atoms with E-state index in [1.807, 2.05) is 18.2 Å². The van der Waals surface area contributed by atoms with Crippen molar-refractivity contribution in [3.8, 4) is 5.75 Å². The molecule has 0 bridgehead atoms. The standard InChI is InChI=1S/C17H24N2O3S/c20-10-8-19(9-12-23)7-1-2-11-22-15-5-3-14-4-6-17(21)18-16(14)13-15/h3-6,13,20,23H,1-2,7-12H2,(H,18,21). The number of H-pyrrole nitrogens is 1. The van der Waals surface area contributed by atoms with E-state index >= 15 is 0 Å². The minimum Gasteiger partial charge on any atom is -0.494 e. The number of ether oxygens (including phenoxy) is 1. The van der Waals surface area contributed by atoms with Gasteiger partial charge in [-0.25, -0.2) is 0 Å². The first-order valence-corrected chi connectivity index (χ1v) is 8.56. The number of benzene rings is 1. The molecule has 5 nitrogen and oxygen atoms in total. The number of aliphatic hydroxyl groups is 1. The summed E-state index contributed by atoms with van der Waals surface area (Å²) in [6, 6.07) is 9.03. The molecule has 0 atom stereocenters. The van der Waals surface area contributed by atoms with Gasteiger partial charge in [-0.3, -0.25) is 4.79 Å². The van der Waals surface area contributed by atoms with Crippen molar-refractivity contribution in [1.82, 2.24) is 9.88 Å². The average molecular weight is 336 g/mol. The van der Waals surface area contributed by atoms with Crippen molar-refractivity contribution in [2.75, 3.05) is 38.6 Å². The Morgan fingerprint density at radius 3 is 2.74 bits per heavy atom. The first kappa shape index (κ1) is 17.8. The summed E-state index contributed by atoms with van der Waals surface area (Å²) >= 11 is 4.23. The van der Waals surface area contributed by atoms with Crippen LogP contribution in [0.3, 0.4) is 0 Å². The molecule has 1 aromatic carbocycles. The minimum absolute atomic E-state index is 0.109. The Hall–Kier alpha value is -1.50. The molecule has 0 saturated heterocycles. The largest absolute Gasteiger partial charge is 0.494 e. The van der Waals surface area contributed by atoms with Crippen LogP contribution in [-0.2, 0) is 0 Å². The fraction of sp³-hybridized carbons (Fsp3) is 0.471. The van der Waals surface area contributed by atoms with E-state index in [9.17, 15) is 4.79 Å². The van der Waals surface area contributed by atoms with E-state index in [1.54, 1.807) is 6.07 Å². The Kier molecular flexibility index (Phi) is 7.45. The molecule has 1 heterocycles. The van der Waals surface area contributed by atoms with E-state index in [0.29, 0.717) is 13.2 Å². The topological polar surface area (TPSA) is 65.6 Å². The molecule has 0 aliphatic rings. The Bertz CT molecular complexity index is 654. The lowest BCUT2D eigenvalue weighted by Gasteiger charge is -2.20. The molecule has 2 aromatic rings. The number of thiol groups is 1. The number of aromatic amines is 1. The fourth-order valence-corrected chi connectivity index (χ4v) is 2.75. The van der Waals surface area contributed by atoms with Crippen LogP contribution in [0.25, 0.3) is 10.9 Å². The molecule has 1 aromatic heterocycles. The van der Waals surface area contributed by atoms with E-state index in [0.717, 1.165) is 48.3 Å². The first-order chi connectivity index (χ1) is 11.2. The Morgan fingerprint density at radius 2 is 1.96 bits per heavy atom.